The van der Waals surface area contributed by atoms with Crippen molar-refractivity contribution in [2.75, 3.05) is 36.9 Å². The summed E-state index contributed by atoms with van der Waals surface area (Å²) in [5, 5.41) is 14.7. The Morgan fingerprint density at radius 2 is 2.21 bits per heavy atom. The predicted octanol–water partition coefficient (Wildman–Crippen LogP) is 2.36. The van der Waals surface area contributed by atoms with Gasteiger partial charge in [0.15, 0.2) is 5.82 Å². The third-order valence-electron chi connectivity index (χ3n) is 7.22. The summed E-state index contributed by atoms with van der Waals surface area (Å²) in [4.78, 5) is 24.7. The van der Waals surface area contributed by atoms with E-state index < -0.39 is 5.54 Å². The molecule has 0 radical (unpaired) electrons. The van der Waals surface area contributed by atoms with E-state index >= 15 is 0 Å². The van der Waals surface area contributed by atoms with Crippen LogP contribution in [0, 0.1) is 5.92 Å². The molecule has 5 rings (SSSR count). The molecule has 1 amide bonds. The molecule has 9 nitrogen and oxygen atoms in total. The molecule has 3 aliphatic rings. The summed E-state index contributed by atoms with van der Waals surface area (Å²) >= 11 is 0. The molecule has 3 fully saturated rings. The van der Waals surface area contributed by atoms with Crippen molar-refractivity contribution in [3.05, 3.63) is 30.0 Å². The summed E-state index contributed by atoms with van der Waals surface area (Å²) in [6.07, 6.45) is 9.21. The number of aromatic nitrogens is 3. The van der Waals surface area contributed by atoms with Crippen molar-refractivity contribution in [2.24, 2.45) is 10.9 Å². The Bertz CT molecular complexity index is 1100. The molecule has 2 aliphatic heterocycles. The summed E-state index contributed by atoms with van der Waals surface area (Å²) < 4.78 is 1.83. The van der Waals surface area contributed by atoms with Crippen LogP contribution in [0.3, 0.4) is 0 Å². The first kappa shape index (κ1) is 21.9. The predicted molar refractivity (Wildman–Crippen MR) is 131 cm³/mol. The van der Waals surface area contributed by atoms with Gasteiger partial charge in [-0.15, -0.1) is 5.10 Å². The number of carbonyl (C=O) groups excluding carboxylic acids is 1. The molecule has 176 valence electrons. The van der Waals surface area contributed by atoms with E-state index in [0.29, 0.717) is 17.7 Å². The number of amidine groups is 1. The first-order chi connectivity index (χ1) is 16.0. The molecule has 1 saturated carbocycles. The number of amides is 1. The summed E-state index contributed by atoms with van der Waals surface area (Å²) in [5.74, 6) is 2.76. The fourth-order valence-electron chi connectivity index (χ4n) is 4.92. The van der Waals surface area contributed by atoms with Crippen molar-refractivity contribution < 1.29 is 4.79 Å². The van der Waals surface area contributed by atoms with E-state index in [2.05, 4.69) is 38.8 Å². The molecule has 1 aliphatic carbocycles. The second-order valence-corrected chi connectivity index (χ2v) is 9.69. The van der Waals surface area contributed by atoms with E-state index in [0.717, 1.165) is 50.2 Å². The van der Waals surface area contributed by atoms with E-state index in [1.165, 1.54) is 18.4 Å². The minimum atomic E-state index is -0.676. The third-order valence-corrected chi connectivity index (χ3v) is 7.22. The SMILES string of the molecule is CN=C(/C=C(\C)C1CC1)Nc1nc(N2CCC[C@@]2(C)C(=O)NC2CCNC2)nn2cccc12. The zero-order valence-electron chi connectivity index (χ0n) is 19.8. The molecule has 2 aromatic rings. The Labute approximate surface area is 194 Å². The molecule has 2 atom stereocenters. The zero-order valence-corrected chi connectivity index (χ0v) is 19.8. The van der Waals surface area contributed by atoms with Crippen LogP contribution in [-0.2, 0) is 4.79 Å². The minimum absolute atomic E-state index is 0.0539. The Kier molecular flexibility index (Phi) is 5.82. The highest BCUT2D eigenvalue weighted by Crippen LogP contribution is 2.36. The zero-order chi connectivity index (χ0) is 23.0. The van der Waals surface area contributed by atoms with Crippen molar-refractivity contribution in [1.82, 2.24) is 25.2 Å². The molecular weight excluding hydrogens is 416 g/mol. The monoisotopic (exact) mass is 450 g/mol. The number of nitrogens with one attached hydrogen (secondary N) is 3. The summed E-state index contributed by atoms with van der Waals surface area (Å²) in [6, 6.07) is 4.13. The summed E-state index contributed by atoms with van der Waals surface area (Å²) in [7, 11) is 1.79. The molecule has 4 heterocycles. The molecule has 1 unspecified atom stereocenters. The largest absolute Gasteiger partial charge is 0.350 e. The molecule has 9 heteroatoms. The molecule has 2 aromatic heterocycles. The van der Waals surface area contributed by atoms with Gasteiger partial charge in [-0.05, 0) is 76.6 Å². The number of carbonyl (C=O) groups is 1. The van der Waals surface area contributed by atoms with Crippen LogP contribution in [0.1, 0.15) is 46.0 Å². The topological polar surface area (TPSA) is 99.0 Å². The molecular formula is C24H34N8O. The van der Waals surface area contributed by atoms with Crippen LogP contribution in [0.15, 0.2) is 35.0 Å². The Morgan fingerprint density at radius 1 is 1.36 bits per heavy atom. The van der Waals surface area contributed by atoms with Gasteiger partial charge in [0.1, 0.15) is 16.9 Å². The first-order valence-corrected chi connectivity index (χ1v) is 12.0. The van der Waals surface area contributed by atoms with Crippen LogP contribution >= 0.6 is 0 Å². The number of rotatable bonds is 6. The number of anilines is 2. The van der Waals surface area contributed by atoms with Gasteiger partial charge in [-0.3, -0.25) is 9.79 Å². The molecule has 33 heavy (non-hydrogen) atoms. The van der Waals surface area contributed by atoms with Crippen LogP contribution in [0.4, 0.5) is 11.8 Å². The van der Waals surface area contributed by atoms with Crippen molar-refractivity contribution in [1.29, 1.82) is 0 Å². The van der Waals surface area contributed by atoms with Gasteiger partial charge in [0, 0.05) is 32.4 Å². The van der Waals surface area contributed by atoms with Crippen LogP contribution in [0.2, 0.25) is 0 Å². The van der Waals surface area contributed by atoms with Gasteiger partial charge < -0.3 is 20.9 Å². The van der Waals surface area contributed by atoms with Gasteiger partial charge >= 0.3 is 0 Å². The van der Waals surface area contributed by atoms with Crippen molar-refractivity contribution in [3.63, 3.8) is 0 Å². The van der Waals surface area contributed by atoms with Crippen molar-refractivity contribution in [3.8, 4) is 0 Å². The Hall–Kier alpha value is -2.94. The number of fused-ring (bicyclic) bond motifs is 1. The Morgan fingerprint density at radius 3 is 2.94 bits per heavy atom. The fourth-order valence-corrected chi connectivity index (χ4v) is 4.92. The number of hydrogen-bond acceptors (Lipinski definition) is 6. The lowest BCUT2D eigenvalue weighted by Crippen LogP contribution is -2.56. The maximum absolute atomic E-state index is 13.3. The lowest BCUT2D eigenvalue weighted by atomic mass is 9.97. The van der Waals surface area contributed by atoms with Crippen LogP contribution in [-0.4, -0.2) is 64.6 Å². The summed E-state index contributed by atoms with van der Waals surface area (Å²) in [5.41, 5.74) is 1.54. The number of hydrogen-bond donors (Lipinski definition) is 3. The van der Waals surface area contributed by atoms with Crippen LogP contribution < -0.4 is 20.9 Å². The average Bonchev–Trinajstić information content (AvgIpc) is 3.16. The quantitative estimate of drug-likeness (QED) is 0.462. The van der Waals surface area contributed by atoms with Gasteiger partial charge in [-0.2, -0.15) is 4.98 Å². The van der Waals surface area contributed by atoms with Gasteiger partial charge in [0.05, 0.1) is 0 Å². The van der Waals surface area contributed by atoms with Crippen molar-refractivity contribution in [2.45, 2.75) is 57.5 Å². The third kappa shape index (κ3) is 4.34. The maximum atomic E-state index is 13.3. The molecule has 0 bridgehead atoms. The van der Waals surface area contributed by atoms with Gasteiger partial charge in [0.25, 0.3) is 0 Å². The fraction of sp³-hybridized carbons (Fsp3) is 0.583. The lowest BCUT2D eigenvalue weighted by molar-refractivity contribution is -0.126. The van der Waals surface area contributed by atoms with E-state index in [1.54, 1.807) is 7.05 Å². The maximum Gasteiger partial charge on any atom is 0.246 e. The molecule has 2 saturated heterocycles. The normalized spacial score (nSPS) is 26.3. The van der Waals surface area contributed by atoms with E-state index in [1.807, 2.05) is 29.8 Å². The molecule has 0 spiro atoms. The first-order valence-electron chi connectivity index (χ1n) is 12.0. The number of nitrogens with zero attached hydrogens (tertiary/aromatic N) is 5. The standard InChI is InChI=1S/C24H34N8O/c1-16(17-7-8-17)14-20(25-3)28-21-19-6-4-13-32(19)30-23(29-21)31-12-5-10-24(31,2)22(33)27-18-9-11-26-15-18/h4,6,13-14,17-18,26H,5,7-12,15H2,1-3H3,(H,27,33)(H,25,28,29,30)/b16-14+/t18?,24-/m0/s1. The molecule has 3 N–H and O–H groups in total. The van der Waals surface area contributed by atoms with Crippen molar-refractivity contribution >= 4 is 29.0 Å². The van der Waals surface area contributed by atoms with Gasteiger partial charge in [-0.1, -0.05) is 5.57 Å². The summed E-state index contributed by atoms with van der Waals surface area (Å²) in [6.45, 7) is 6.69. The minimum Gasteiger partial charge on any atom is -0.350 e. The average molecular weight is 451 g/mol. The lowest BCUT2D eigenvalue weighted by Gasteiger charge is -2.34. The van der Waals surface area contributed by atoms with E-state index in [9.17, 15) is 4.79 Å². The van der Waals surface area contributed by atoms with Gasteiger partial charge in [0.2, 0.25) is 11.9 Å². The smallest absolute Gasteiger partial charge is 0.246 e. The second-order valence-electron chi connectivity index (χ2n) is 9.69. The van der Waals surface area contributed by atoms with Crippen LogP contribution in [0.25, 0.3) is 5.52 Å². The van der Waals surface area contributed by atoms with E-state index in [-0.39, 0.29) is 11.9 Å². The number of allylic oxidation sites excluding steroid dienone is 1. The molecule has 0 aromatic carbocycles. The number of aliphatic imine (C=N–C) groups is 1. The highest BCUT2D eigenvalue weighted by Gasteiger charge is 2.45. The highest BCUT2D eigenvalue weighted by molar-refractivity contribution is 6.05. The van der Waals surface area contributed by atoms with Gasteiger partial charge in [-0.25, -0.2) is 4.52 Å². The second kappa shape index (κ2) is 8.78. The van der Waals surface area contributed by atoms with E-state index in [4.69, 9.17) is 10.1 Å². The highest BCUT2D eigenvalue weighted by atomic mass is 16.2. The Balaban J connectivity index is 1.44. The van der Waals surface area contributed by atoms with Crippen LogP contribution in [0.5, 0.6) is 0 Å².